The van der Waals surface area contributed by atoms with E-state index in [1.54, 1.807) is 0 Å². The van der Waals surface area contributed by atoms with Crippen molar-refractivity contribution in [3.05, 3.63) is 29.3 Å². The molecule has 1 amide bonds. The largest absolute Gasteiger partial charge is 0.478 e. The number of amides is 1. The summed E-state index contributed by atoms with van der Waals surface area (Å²) in [6.07, 6.45) is 4.02. The molecule has 0 atom stereocenters. The van der Waals surface area contributed by atoms with Crippen molar-refractivity contribution in [2.24, 2.45) is 0 Å². The lowest BCUT2D eigenvalue weighted by molar-refractivity contribution is -0.123. The Bertz CT molecular complexity index is 464. The van der Waals surface area contributed by atoms with Crippen molar-refractivity contribution >= 4 is 5.91 Å². The van der Waals surface area contributed by atoms with Gasteiger partial charge in [-0.25, -0.2) is 8.78 Å². The number of aliphatic hydroxyl groups is 1. The van der Waals surface area contributed by atoms with Crippen molar-refractivity contribution in [2.45, 2.75) is 38.3 Å². The Kier molecular flexibility index (Phi) is 4.89. The quantitative estimate of drug-likeness (QED) is 0.868. The summed E-state index contributed by atoms with van der Waals surface area (Å²) in [4.78, 5) is 11.6. The van der Waals surface area contributed by atoms with Crippen LogP contribution in [0.3, 0.4) is 0 Å². The van der Waals surface area contributed by atoms with Gasteiger partial charge in [-0.1, -0.05) is 12.8 Å². The summed E-state index contributed by atoms with van der Waals surface area (Å²) in [6.45, 7) is -0.890. The van der Waals surface area contributed by atoms with E-state index in [9.17, 15) is 13.6 Å². The SMILES string of the molecule is O=C(COc1c(F)cc(CO)cc1F)NC1CCCC1. The van der Waals surface area contributed by atoms with Gasteiger partial charge in [-0.3, -0.25) is 4.79 Å². The molecule has 0 aliphatic heterocycles. The van der Waals surface area contributed by atoms with E-state index in [-0.39, 0.29) is 17.5 Å². The monoisotopic (exact) mass is 285 g/mol. The fourth-order valence-electron chi connectivity index (χ4n) is 2.32. The highest BCUT2D eigenvalue weighted by atomic mass is 19.1. The number of carbonyl (C=O) groups is 1. The molecular weight excluding hydrogens is 268 g/mol. The molecule has 0 saturated heterocycles. The topological polar surface area (TPSA) is 58.6 Å². The molecule has 1 aromatic carbocycles. The molecule has 1 aliphatic rings. The molecule has 1 saturated carbocycles. The molecule has 0 spiro atoms. The third kappa shape index (κ3) is 3.66. The molecule has 4 nitrogen and oxygen atoms in total. The molecule has 0 radical (unpaired) electrons. The fraction of sp³-hybridized carbons (Fsp3) is 0.500. The molecule has 0 bridgehead atoms. The predicted octanol–water partition coefficient (Wildman–Crippen LogP) is 1.89. The molecule has 0 unspecified atom stereocenters. The van der Waals surface area contributed by atoms with E-state index in [4.69, 9.17) is 9.84 Å². The van der Waals surface area contributed by atoms with Crippen LogP contribution in [0.2, 0.25) is 0 Å². The third-order valence-electron chi connectivity index (χ3n) is 3.31. The Balaban J connectivity index is 1.91. The zero-order valence-corrected chi connectivity index (χ0v) is 11.0. The first kappa shape index (κ1) is 14.7. The molecule has 110 valence electrons. The molecule has 2 N–H and O–H groups in total. The van der Waals surface area contributed by atoms with Crippen molar-refractivity contribution in [2.75, 3.05) is 6.61 Å². The Hall–Kier alpha value is -1.69. The molecule has 1 aromatic rings. The van der Waals surface area contributed by atoms with Gasteiger partial charge in [0.05, 0.1) is 6.61 Å². The summed E-state index contributed by atoms with van der Waals surface area (Å²) in [6, 6.07) is 2.10. The van der Waals surface area contributed by atoms with Crippen LogP contribution in [0.1, 0.15) is 31.2 Å². The van der Waals surface area contributed by atoms with E-state index >= 15 is 0 Å². The van der Waals surface area contributed by atoms with E-state index in [0.29, 0.717) is 0 Å². The van der Waals surface area contributed by atoms with Crippen LogP contribution in [-0.4, -0.2) is 23.7 Å². The van der Waals surface area contributed by atoms with Crippen molar-refractivity contribution in [3.8, 4) is 5.75 Å². The molecule has 20 heavy (non-hydrogen) atoms. The van der Waals surface area contributed by atoms with Crippen LogP contribution in [0.5, 0.6) is 5.75 Å². The average molecular weight is 285 g/mol. The van der Waals surface area contributed by atoms with Gasteiger partial charge in [0.25, 0.3) is 5.91 Å². The lowest BCUT2D eigenvalue weighted by Crippen LogP contribution is -2.36. The first-order chi connectivity index (χ1) is 9.60. The first-order valence-electron chi connectivity index (χ1n) is 6.61. The minimum Gasteiger partial charge on any atom is -0.478 e. The van der Waals surface area contributed by atoms with E-state index in [1.165, 1.54) is 0 Å². The van der Waals surface area contributed by atoms with Crippen LogP contribution in [0, 0.1) is 11.6 Å². The number of benzene rings is 1. The number of hydrogen-bond acceptors (Lipinski definition) is 3. The van der Waals surface area contributed by atoms with Crippen LogP contribution in [0.15, 0.2) is 12.1 Å². The summed E-state index contributed by atoms with van der Waals surface area (Å²) in [7, 11) is 0. The van der Waals surface area contributed by atoms with Crippen molar-refractivity contribution in [3.63, 3.8) is 0 Å². The summed E-state index contributed by atoms with van der Waals surface area (Å²) in [5.74, 6) is -2.84. The van der Waals surface area contributed by atoms with Gasteiger partial charge in [0.2, 0.25) is 0 Å². The van der Waals surface area contributed by atoms with Crippen LogP contribution >= 0.6 is 0 Å². The number of rotatable bonds is 5. The number of nitrogens with one attached hydrogen (secondary N) is 1. The standard InChI is InChI=1S/C14H17F2NO3/c15-11-5-9(7-18)6-12(16)14(11)20-8-13(19)17-10-3-1-2-4-10/h5-6,10,18H,1-4,7-8H2,(H,17,19). The minimum atomic E-state index is -0.928. The second-order valence-corrected chi connectivity index (χ2v) is 4.88. The number of halogens is 2. The highest BCUT2D eigenvalue weighted by molar-refractivity contribution is 5.77. The zero-order chi connectivity index (χ0) is 14.5. The van der Waals surface area contributed by atoms with Crippen LogP contribution < -0.4 is 10.1 Å². The Morgan fingerprint density at radius 3 is 2.45 bits per heavy atom. The second-order valence-electron chi connectivity index (χ2n) is 4.88. The molecule has 6 heteroatoms. The third-order valence-corrected chi connectivity index (χ3v) is 3.31. The van der Waals surface area contributed by atoms with E-state index in [2.05, 4.69) is 5.32 Å². The minimum absolute atomic E-state index is 0.114. The van der Waals surface area contributed by atoms with Crippen molar-refractivity contribution in [1.29, 1.82) is 0 Å². The number of carbonyl (C=O) groups excluding carboxylic acids is 1. The summed E-state index contributed by atoms with van der Waals surface area (Å²) in [5.41, 5.74) is 0.114. The zero-order valence-electron chi connectivity index (χ0n) is 11.0. The smallest absolute Gasteiger partial charge is 0.258 e. The number of ether oxygens (including phenoxy) is 1. The summed E-state index contributed by atoms with van der Waals surface area (Å²) < 4.78 is 32.0. The van der Waals surface area contributed by atoms with Gasteiger partial charge in [0.15, 0.2) is 24.0 Å². The predicted molar refractivity (Wildman–Crippen MR) is 68.2 cm³/mol. The van der Waals surface area contributed by atoms with Gasteiger partial charge in [-0.15, -0.1) is 0 Å². The van der Waals surface area contributed by atoms with Gasteiger partial charge in [0, 0.05) is 6.04 Å². The Labute approximate surface area is 115 Å². The second kappa shape index (κ2) is 6.65. The summed E-state index contributed by atoms with van der Waals surface area (Å²) in [5, 5.41) is 11.6. The lowest BCUT2D eigenvalue weighted by atomic mass is 10.2. The van der Waals surface area contributed by atoms with Gasteiger partial charge >= 0.3 is 0 Å². The van der Waals surface area contributed by atoms with E-state index in [1.807, 2.05) is 0 Å². The van der Waals surface area contributed by atoms with Crippen molar-refractivity contribution in [1.82, 2.24) is 5.32 Å². The Morgan fingerprint density at radius 1 is 1.30 bits per heavy atom. The normalized spacial score (nSPS) is 15.3. The summed E-state index contributed by atoms with van der Waals surface area (Å²) >= 11 is 0. The fourth-order valence-corrected chi connectivity index (χ4v) is 2.32. The first-order valence-corrected chi connectivity index (χ1v) is 6.61. The average Bonchev–Trinajstić information content (AvgIpc) is 2.90. The number of hydrogen-bond donors (Lipinski definition) is 2. The van der Waals surface area contributed by atoms with Gasteiger partial charge in [-0.05, 0) is 30.5 Å². The molecule has 1 aliphatic carbocycles. The molecule has 2 rings (SSSR count). The van der Waals surface area contributed by atoms with E-state index in [0.717, 1.165) is 37.8 Å². The van der Waals surface area contributed by atoms with Gasteiger partial charge in [-0.2, -0.15) is 0 Å². The Morgan fingerprint density at radius 2 is 1.90 bits per heavy atom. The van der Waals surface area contributed by atoms with Crippen molar-refractivity contribution < 1.29 is 23.4 Å². The number of aliphatic hydroxyl groups excluding tert-OH is 1. The molecule has 0 heterocycles. The lowest BCUT2D eigenvalue weighted by Gasteiger charge is -2.13. The van der Waals surface area contributed by atoms with Gasteiger partial charge in [0.1, 0.15) is 0 Å². The highest BCUT2D eigenvalue weighted by Gasteiger charge is 2.18. The van der Waals surface area contributed by atoms with Gasteiger partial charge < -0.3 is 15.2 Å². The maximum absolute atomic E-state index is 13.5. The maximum atomic E-state index is 13.5. The van der Waals surface area contributed by atoms with Crippen LogP contribution in [-0.2, 0) is 11.4 Å². The van der Waals surface area contributed by atoms with Crippen LogP contribution in [0.4, 0.5) is 8.78 Å². The van der Waals surface area contributed by atoms with Crippen LogP contribution in [0.25, 0.3) is 0 Å². The molecule has 1 fully saturated rings. The van der Waals surface area contributed by atoms with E-state index < -0.39 is 30.6 Å². The maximum Gasteiger partial charge on any atom is 0.258 e. The molecular formula is C14H17F2NO3. The molecule has 0 aromatic heterocycles. The highest BCUT2D eigenvalue weighted by Crippen LogP contribution is 2.23.